The van der Waals surface area contributed by atoms with Gasteiger partial charge in [0.15, 0.2) is 0 Å². The fourth-order valence-corrected chi connectivity index (χ4v) is 2.80. The summed E-state index contributed by atoms with van der Waals surface area (Å²) in [4.78, 5) is 2.04. The van der Waals surface area contributed by atoms with Crippen molar-refractivity contribution in [3.63, 3.8) is 0 Å². The van der Waals surface area contributed by atoms with Gasteiger partial charge in [0.05, 0.1) is 12.4 Å². The van der Waals surface area contributed by atoms with Crippen molar-refractivity contribution in [2.24, 2.45) is 0 Å². The number of halogens is 1. The van der Waals surface area contributed by atoms with Gasteiger partial charge in [-0.1, -0.05) is 18.2 Å². The Bertz CT molecular complexity index is 929. The first kappa shape index (κ1) is 17.4. The van der Waals surface area contributed by atoms with Crippen molar-refractivity contribution in [3.8, 4) is 5.69 Å². The van der Waals surface area contributed by atoms with E-state index in [1.54, 1.807) is 21.5 Å². The van der Waals surface area contributed by atoms with Gasteiger partial charge in [0.2, 0.25) is 4.77 Å². The lowest BCUT2D eigenvalue weighted by atomic mass is 10.1. The van der Waals surface area contributed by atoms with Crippen LogP contribution in [0, 0.1) is 24.4 Å². The Balaban J connectivity index is 1.75. The molecule has 0 saturated heterocycles. The molecule has 0 amide bonds. The molecule has 0 aliphatic heterocycles. The summed E-state index contributed by atoms with van der Waals surface area (Å²) in [6, 6.07) is 12.6. The lowest BCUT2D eigenvalue weighted by Crippen LogP contribution is -2.22. The summed E-state index contributed by atoms with van der Waals surface area (Å²) in [7, 11) is 1.96. The van der Waals surface area contributed by atoms with Crippen LogP contribution in [-0.4, -0.2) is 31.7 Å². The summed E-state index contributed by atoms with van der Waals surface area (Å²) < 4.78 is 16.9. The van der Waals surface area contributed by atoms with Gasteiger partial charge in [-0.2, -0.15) is 4.68 Å². The third-order valence-electron chi connectivity index (χ3n) is 4.12. The molecule has 1 aromatic heterocycles. The van der Waals surface area contributed by atoms with Crippen LogP contribution in [0.3, 0.4) is 0 Å². The van der Waals surface area contributed by atoms with Gasteiger partial charge in [0.25, 0.3) is 0 Å². The smallest absolute Gasteiger partial charge is 0.221 e. The average Bonchev–Trinajstić information content (AvgIpc) is 2.93. The first-order valence-corrected chi connectivity index (χ1v) is 8.38. The molecule has 3 aromatic rings. The van der Waals surface area contributed by atoms with Crippen LogP contribution in [0.1, 0.15) is 16.7 Å². The number of nitrogens with zero attached hydrogens (tertiary/aromatic N) is 5. The molecule has 2 aromatic carbocycles. The van der Waals surface area contributed by atoms with Crippen LogP contribution in [-0.2, 0) is 13.2 Å². The zero-order valence-corrected chi connectivity index (χ0v) is 15.3. The van der Waals surface area contributed by atoms with Gasteiger partial charge in [-0.05, 0) is 84.5 Å². The maximum Gasteiger partial charge on any atom is 0.221 e. The summed E-state index contributed by atoms with van der Waals surface area (Å²) >= 11 is 5.51. The Kier molecular flexibility index (Phi) is 5.06. The Morgan fingerprint density at radius 3 is 2.44 bits per heavy atom. The van der Waals surface area contributed by atoms with Crippen LogP contribution in [0.2, 0.25) is 0 Å². The Morgan fingerprint density at radius 2 is 1.76 bits per heavy atom. The van der Waals surface area contributed by atoms with Crippen molar-refractivity contribution in [2.45, 2.75) is 27.1 Å². The molecule has 0 aliphatic rings. The first-order valence-electron chi connectivity index (χ1n) is 7.97. The van der Waals surface area contributed by atoms with Crippen molar-refractivity contribution in [1.82, 2.24) is 24.7 Å². The first-order chi connectivity index (χ1) is 11.9. The highest BCUT2D eigenvalue weighted by Gasteiger charge is 2.09. The van der Waals surface area contributed by atoms with Gasteiger partial charge in [-0.3, -0.25) is 4.90 Å². The van der Waals surface area contributed by atoms with Gasteiger partial charge in [-0.15, -0.1) is 0 Å². The zero-order valence-electron chi connectivity index (χ0n) is 14.5. The molecule has 130 valence electrons. The van der Waals surface area contributed by atoms with Crippen LogP contribution in [0.4, 0.5) is 4.39 Å². The van der Waals surface area contributed by atoms with E-state index in [9.17, 15) is 4.39 Å². The largest absolute Gasteiger partial charge is 0.283 e. The summed E-state index contributed by atoms with van der Waals surface area (Å²) in [6.07, 6.45) is 0. The molecule has 0 radical (unpaired) electrons. The predicted octanol–water partition coefficient (Wildman–Crippen LogP) is 3.64. The summed E-state index contributed by atoms with van der Waals surface area (Å²) in [5.41, 5.74) is 4.33. The predicted molar refractivity (Wildman–Crippen MR) is 97.5 cm³/mol. The van der Waals surface area contributed by atoms with E-state index >= 15 is 0 Å². The molecular formula is C18H20FN5S. The SMILES string of the molecule is Cc1ccc(-n2nnn(CN(C)Cc3ccc(F)cc3)c2=S)cc1C. The number of hydrogen-bond donors (Lipinski definition) is 0. The lowest BCUT2D eigenvalue weighted by molar-refractivity contribution is 0.242. The quantitative estimate of drug-likeness (QED) is 0.654. The van der Waals surface area contributed by atoms with Gasteiger partial charge in [-0.25, -0.2) is 9.07 Å². The Hall–Kier alpha value is -2.38. The molecular weight excluding hydrogens is 337 g/mol. The van der Waals surface area contributed by atoms with Crippen molar-refractivity contribution >= 4 is 12.2 Å². The minimum Gasteiger partial charge on any atom is -0.283 e. The van der Waals surface area contributed by atoms with Gasteiger partial charge in [0.1, 0.15) is 5.82 Å². The minimum atomic E-state index is -0.232. The van der Waals surface area contributed by atoms with E-state index in [-0.39, 0.29) is 5.82 Å². The number of hydrogen-bond acceptors (Lipinski definition) is 4. The second-order valence-electron chi connectivity index (χ2n) is 6.22. The molecule has 5 nitrogen and oxygen atoms in total. The lowest BCUT2D eigenvalue weighted by Gasteiger charge is -2.16. The summed E-state index contributed by atoms with van der Waals surface area (Å²) in [5.74, 6) is -0.232. The van der Waals surface area contributed by atoms with E-state index in [0.717, 1.165) is 11.3 Å². The van der Waals surface area contributed by atoms with E-state index in [4.69, 9.17) is 12.2 Å². The van der Waals surface area contributed by atoms with Gasteiger partial charge >= 0.3 is 0 Å². The van der Waals surface area contributed by atoms with Crippen molar-refractivity contribution in [3.05, 3.63) is 69.7 Å². The van der Waals surface area contributed by atoms with E-state index in [1.807, 2.05) is 30.1 Å². The zero-order chi connectivity index (χ0) is 18.0. The van der Waals surface area contributed by atoms with Crippen LogP contribution >= 0.6 is 12.2 Å². The Labute approximate surface area is 151 Å². The van der Waals surface area contributed by atoms with E-state index in [0.29, 0.717) is 18.0 Å². The molecule has 0 atom stereocenters. The van der Waals surface area contributed by atoms with E-state index < -0.39 is 0 Å². The minimum absolute atomic E-state index is 0.232. The van der Waals surface area contributed by atoms with Gasteiger partial charge in [0, 0.05) is 6.54 Å². The van der Waals surface area contributed by atoms with Crippen molar-refractivity contribution < 1.29 is 4.39 Å². The number of aromatic nitrogens is 4. The standard InChI is InChI=1S/C18H20FN5S/c1-13-4-9-17(10-14(13)2)24-18(25)23(20-21-24)12-22(3)11-15-5-7-16(19)8-6-15/h4-10H,11-12H2,1-3H3. The number of rotatable bonds is 5. The second kappa shape index (κ2) is 7.25. The molecule has 0 unspecified atom stereocenters. The molecule has 25 heavy (non-hydrogen) atoms. The van der Waals surface area contributed by atoms with E-state index in [2.05, 4.69) is 24.3 Å². The maximum atomic E-state index is 13.0. The van der Waals surface area contributed by atoms with Crippen LogP contribution in [0.25, 0.3) is 5.69 Å². The van der Waals surface area contributed by atoms with E-state index in [1.165, 1.54) is 23.3 Å². The topological polar surface area (TPSA) is 38.9 Å². The van der Waals surface area contributed by atoms with Crippen molar-refractivity contribution in [2.75, 3.05) is 7.05 Å². The van der Waals surface area contributed by atoms with Crippen LogP contribution in [0.15, 0.2) is 42.5 Å². The summed E-state index contributed by atoms with van der Waals surface area (Å²) in [5, 5.41) is 8.34. The average molecular weight is 357 g/mol. The molecule has 0 fully saturated rings. The van der Waals surface area contributed by atoms with Crippen LogP contribution in [0.5, 0.6) is 0 Å². The molecule has 3 rings (SSSR count). The molecule has 0 saturated carbocycles. The molecule has 0 N–H and O–H groups in total. The fraction of sp³-hybridized carbons (Fsp3) is 0.278. The van der Waals surface area contributed by atoms with Crippen molar-refractivity contribution in [1.29, 1.82) is 0 Å². The van der Waals surface area contributed by atoms with Crippen LogP contribution < -0.4 is 0 Å². The molecule has 1 heterocycles. The number of aryl methyl sites for hydroxylation is 2. The highest BCUT2D eigenvalue weighted by molar-refractivity contribution is 7.71. The Morgan fingerprint density at radius 1 is 1.04 bits per heavy atom. The molecule has 0 spiro atoms. The summed E-state index contributed by atoms with van der Waals surface area (Å²) in [6.45, 7) is 5.29. The maximum absolute atomic E-state index is 13.0. The fourth-order valence-electron chi connectivity index (χ4n) is 2.56. The number of benzene rings is 2. The normalized spacial score (nSPS) is 11.2. The highest BCUT2D eigenvalue weighted by atomic mass is 32.1. The number of tetrazole rings is 1. The molecule has 0 aliphatic carbocycles. The highest BCUT2D eigenvalue weighted by Crippen LogP contribution is 2.14. The third-order valence-corrected chi connectivity index (χ3v) is 4.50. The van der Waals surface area contributed by atoms with Gasteiger partial charge < -0.3 is 0 Å². The molecule has 0 bridgehead atoms. The molecule has 7 heteroatoms. The third kappa shape index (κ3) is 4.00. The monoisotopic (exact) mass is 357 g/mol. The second-order valence-corrected chi connectivity index (χ2v) is 6.59.